The summed E-state index contributed by atoms with van der Waals surface area (Å²) >= 11 is 5.85. The van der Waals surface area contributed by atoms with Crippen molar-refractivity contribution in [3.63, 3.8) is 0 Å². The van der Waals surface area contributed by atoms with E-state index >= 15 is 0 Å². The molecule has 2 heterocycles. The molecule has 0 fully saturated rings. The Balaban J connectivity index is 2.14. The fourth-order valence-electron chi connectivity index (χ4n) is 1.70. The van der Waals surface area contributed by atoms with E-state index in [0.717, 1.165) is 21.8 Å². The number of hydrogen-bond acceptors (Lipinski definition) is 1. The lowest BCUT2D eigenvalue weighted by Crippen LogP contribution is -1.88. The summed E-state index contributed by atoms with van der Waals surface area (Å²) in [7, 11) is 0. The van der Waals surface area contributed by atoms with Crippen LogP contribution >= 0.6 is 11.6 Å². The second-order valence-corrected chi connectivity index (χ2v) is 4.06. The lowest BCUT2D eigenvalue weighted by molar-refractivity contribution is 1.15. The maximum atomic E-state index is 5.85. The number of rotatable bonds is 1. The average molecular weight is 229 g/mol. The third-order valence-corrected chi connectivity index (χ3v) is 2.80. The summed E-state index contributed by atoms with van der Waals surface area (Å²) in [6.07, 6.45) is 5.89. The summed E-state index contributed by atoms with van der Waals surface area (Å²) in [4.78, 5) is 4.42. The highest BCUT2D eigenvalue weighted by Crippen LogP contribution is 2.19. The first-order valence-corrected chi connectivity index (χ1v) is 5.39. The van der Waals surface area contributed by atoms with E-state index in [2.05, 4.69) is 9.38 Å². The van der Waals surface area contributed by atoms with Crippen molar-refractivity contribution in [3.8, 4) is 11.3 Å². The van der Waals surface area contributed by atoms with Gasteiger partial charge in [-0.1, -0.05) is 23.7 Å². The van der Waals surface area contributed by atoms with Crippen LogP contribution in [-0.2, 0) is 0 Å². The Bertz CT molecular complexity index is 626. The van der Waals surface area contributed by atoms with Crippen LogP contribution in [0.4, 0.5) is 0 Å². The third kappa shape index (κ3) is 1.57. The molecule has 0 radical (unpaired) electrons. The summed E-state index contributed by atoms with van der Waals surface area (Å²) in [5.41, 5.74) is 3.11. The van der Waals surface area contributed by atoms with Crippen molar-refractivity contribution in [1.82, 2.24) is 9.38 Å². The number of aromatic nitrogens is 2. The van der Waals surface area contributed by atoms with E-state index in [1.165, 1.54) is 0 Å². The van der Waals surface area contributed by atoms with Gasteiger partial charge in [-0.05, 0) is 24.3 Å². The minimum Gasteiger partial charge on any atom is -0.320 e. The minimum absolute atomic E-state index is 0.741. The van der Waals surface area contributed by atoms with Crippen LogP contribution in [0.2, 0.25) is 5.02 Å². The number of fused-ring (bicyclic) bond motifs is 1. The molecule has 0 aliphatic heterocycles. The minimum atomic E-state index is 0.741. The number of halogens is 1. The molecule has 0 spiro atoms. The Labute approximate surface area is 98.1 Å². The third-order valence-electron chi connectivity index (χ3n) is 2.55. The summed E-state index contributed by atoms with van der Waals surface area (Å²) in [6, 6.07) is 11.7. The molecule has 0 saturated heterocycles. The van der Waals surface area contributed by atoms with Gasteiger partial charge in [0.2, 0.25) is 0 Å². The molecule has 2 nitrogen and oxygen atoms in total. The van der Waals surface area contributed by atoms with E-state index in [1.807, 2.05) is 55.0 Å². The fourth-order valence-corrected chi connectivity index (χ4v) is 1.83. The number of benzene rings is 1. The number of hydrogen-bond donors (Lipinski definition) is 0. The van der Waals surface area contributed by atoms with E-state index < -0.39 is 0 Å². The van der Waals surface area contributed by atoms with Crippen molar-refractivity contribution < 1.29 is 0 Å². The molecule has 0 unspecified atom stereocenters. The van der Waals surface area contributed by atoms with Gasteiger partial charge in [0.1, 0.15) is 0 Å². The monoisotopic (exact) mass is 228 g/mol. The second-order valence-electron chi connectivity index (χ2n) is 3.62. The van der Waals surface area contributed by atoms with Crippen molar-refractivity contribution >= 4 is 17.1 Å². The Morgan fingerprint density at radius 3 is 2.69 bits per heavy atom. The van der Waals surface area contributed by atoms with Gasteiger partial charge < -0.3 is 4.40 Å². The van der Waals surface area contributed by atoms with Crippen molar-refractivity contribution in [2.24, 2.45) is 0 Å². The maximum Gasteiger partial charge on any atom is 0.0868 e. The molecule has 1 aromatic carbocycles. The molecule has 2 aromatic heterocycles. The Morgan fingerprint density at radius 2 is 1.88 bits per heavy atom. The smallest absolute Gasteiger partial charge is 0.0868 e. The summed E-state index contributed by atoms with van der Waals surface area (Å²) in [5.74, 6) is 0. The lowest BCUT2D eigenvalue weighted by Gasteiger charge is -2.02. The highest BCUT2D eigenvalue weighted by Gasteiger charge is 2.00. The molecule has 0 aliphatic carbocycles. The Morgan fingerprint density at radius 1 is 1.06 bits per heavy atom. The van der Waals surface area contributed by atoms with Crippen LogP contribution in [0, 0.1) is 0 Å². The van der Waals surface area contributed by atoms with Crippen molar-refractivity contribution in [1.29, 1.82) is 0 Å². The van der Waals surface area contributed by atoms with Gasteiger partial charge in [0.05, 0.1) is 17.4 Å². The first-order chi connectivity index (χ1) is 7.83. The van der Waals surface area contributed by atoms with Crippen molar-refractivity contribution in [2.75, 3.05) is 0 Å². The topological polar surface area (TPSA) is 17.3 Å². The molecule has 0 aliphatic rings. The van der Waals surface area contributed by atoms with Crippen LogP contribution in [0.15, 0.2) is 55.0 Å². The molecule has 0 saturated carbocycles. The van der Waals surface area contributed by atoms with Gasteiger partial charge in [0.25, 0.3) is 0 Å². The largest absolute Gasteiger partial charge is 0.320 e. The van der Waals surface area contributed by atoms with Gasteiger partial charge in [0.15, 0.2) is 0 Å². The summed E-state index contributed by atoms with van der Waals surface area (Å²) < 4.78 is 2.05. The first kappa shape index (κ1) is 9.43. The normalized spacial score (nSPS) is 10.8. The van der Waals surface area contributed by atoms with E-state index in [1.54, 1.807) is 0 Å². The molecule has 0 amide bonds. The summed E-state index contributed by atoms with van der Waals surface area (Å²) in [6.45, 7) is 0. The van der Waals surface area contributed by atoms with Crippen LogP contribution in [0.5, 0.6) is 0 Å². The molecular weight excluding hydrogens is 220 g/mol. The van der Waals surface area contributed by atoms with Crippen LogP contribution in [0.25, 0.3) is 16.8 Å². The van der Waals surface area contributed by atoms with E-state index in [4.69, 9.17) is 11.6 Å². The van der Waals surface area contributed by atoms with E-state index in [-0.39, 0.29) is 0 Å². The van der Waals surface area contributed by atoms with E-state index in [0.29, 0.717) is 0 Å². The molecule has 0 bridgehead atoms. The molecule has 3 heteroatoms. The predicted octanol–water partition coefficient (Wildman–Crippen LogP) is 3.65. The molecule has 78 valence electrons. The van der Waals surface area contributed by atoms with Gasteiger partial charge in [-0.15, -0.1) is 0 Å². The van der Waals surface area contributed by atoms with Crippen LogP contribution < -0.4 is 0 Å². The molecule has 3 aromatic rings. The standard InChI is InChI=1S/C13H9ClN2/c14-11-5-3-10(4-6-11)13-9-16-7-1-2-12(16)8-15-13/h1-9H. The van der Waals surface area contributed by atoms with Crippen molar-refractivity contribution in [3.05, 3.63) is 60.0 Å². The van der Waals surface area contributed by atoms with E-state index in [9.17, 15) is 0 Å². The second kappa shape index (κ2) is 3.65. The Hall–Kier alpha value is -1.80. The highest BCUT2D eigenvalue weighted by molar-refractivity contribution is 6.30. The predicted molar refractivity (Wildman–Crippen MR) is 65.6 cm³/mol. The van der Waals surface area contributed by atoms with Gasteiger partial charge in [-0.2, -0.15) is 0 Å². The summed E-state index contributed by atoms with van der Waals surface area (Å²) in [5, 5.41) is 0.741. The molecule has 0 N–H and O–H groups in total. The van der Waals surface area contributed by atoms with Gasteiger partial charge in [-0.3, -0.25) is 4.98 Å². The first-order valence-electron chi connectivity index (χ1n) is 5.01. The average Bonchev–Trinajstić information content (AvgIpc) is 2.77. The van der Waals surface area contributed by atoms with Gasteiger partial charge >= 0.3 is 0 Å². The lowest BCUT2D eigenvalue weighted by atomic mass is 10.2. The van der Waals surface area contributed by atoms with Crippen LogP contribution in [0.3, 0.4) is 0 Å². The molecule has 3 rings (SSSR count). The molecule has 0 atom stereocenters. The number of nitrogens with zero attached hydrogens (tertiary/aromatic N) is 2. The van der Waals surface area contributed by atoms with Crippen molar-refractivity contribution in [2.45, 2.75) is 0 Å². The van der Waals surface area contributed by atoms with Gasteiger partial charge in [0, 0.05) is 23.0 Å². The quantitative estimate of drug-likeness (QED) is 0.621. The van der Waals surface area contributed by atoms with Gasteiger partial charge in [-0.25, -0.2) is 0 Å². The maximum absolute atomic E-state index is 5.85. The fraction of sp³-hybridized carbons (Fsp3) is 0. The zero-order chi connectivity index (χ0) is 11.0. The molecular formula is C13H9ClN2. The SMILES string of the molecule is Clc1ccc(-c2cn3cccc3cn2)cc1. The highest BCUT2D eigenvalue weighted by atomic mass is 35.5. The van der Waals surface area contributed by atoms with Crippen LogP contribution in [-0.4, -0.2) is 9.38 Å². The zero-order valence-electron chi connectivity index (χ0n) is 8.47. The van der Waals surface area contributed by atoms with Crippen LogP contribution in [0.1, 0.15) is 0 Å². The Kier molecular flexibility index (Phi) is 2.15. The zero-order valence-corrected chi connectivity index (χ0v) is 9.22. The molecule has 16 heavy (non-hydrogen) atoms.